The first-order chi connectivity index (χ1) is 29.2. The van der Waals surface area contributed by atoms with Gasteiger partial charge in [-0.25, -0.2) is 20.0 Å². The molecule has 344 valence electrons. The second kappa shape index (κ2) is 33.1. The maximum Gasteiger partial charge on any atom is 0.120 e. The van der Waals surface area contributed by atoms with Gasteiger partial charge in [-0.2, -0.15) is 0 Å². The Balaban J connectivity index is 0.000000477. The maximum atomic E-state index is 5.43. The van der Waals surface area contributed by atoms with E-state index >= 15 is 0 Å². The number of hydrogen-bond acceptors (Lipinski definition) is 6. The lowest BCUT2D eigenvalue weighted by Crippen LogP contribution is -2.35. The molecule has 0 radical (unpaired) electrons. The van der Waals surface area contributed by atoms with Crippen LogP contribution in [0.5, 0.6) is 0 Å². The summed E-state index contributed by atoms with van der Waals surface area (Å²) in [5, 5.41) is 7.95. The van der Waals surface area contributed by atoms with Gasteiger partial charge in [0.05, 0.1) is 24.1 Å². The van der Waals surface area contributed by atoms with Gasteiger partial charge in [-0.15, -0.1) is 0 Å². The molecule has 4 fully saturated rings. The number of nitrogens with zero attached hydrogens (tertiary/aromatic N) is 6. The van der Waals surface area contributed by atoms with Gasteiger partial charge in [-0.3, -0.25) is 9.98 Å². The van der Waals surface area contributed by atoms with Crippen LogP contribution in [0, 0.1) is 0 Å². The van der Waals surface area contributed by atoms with Crippen LogP contribution in [-0.4, -0.2) is 96.2 Å². The lowest BCUT2D eigenvalue weighted by atomic mass is 9.99. The van der Waals surface area contributed by atoms with E-state index in [9.17, 15) is 0 Å². The van der Waals surface area contributed by atoms with E-state index in [0.29, 0.717) is 12.1 Å². The molecule has 0 bridgehead atoms. The highest BCUT2D eigenvalue weighted by molar-refractivity contribution is 7.76. The highest BCUT2D eigenvalue weighted by Gasteiger charge is 2.36. The molecule has 0 aliphatic heterocycles. The Hall–Kier alpha value is -1.44. The molecule has 0 spiro atoms. The van der Waals surface area contributed by atoms with Gasteiger partial charge in [0.2, 0.25) is 0 Å². The van der Waals surface area contributed by atoms with Crippen molar-refractivity contribution >= 4 is 39.0 Å². The van der Waals surface area contributed by atoms with Crippen LogP contribution in [0.4, 0.5) is 0 Å². The second-order valence-electron chi connectivity index (χ2n) is 19.5. The third-order valence-electron chi connectivity index (χ3n) is 12.4. The summed E-state index contributed by atoms with van der Waals surface area (Å²) in [6.45, 7) is 21.0. The monoisotopic (exact) mass is 869 g/mol. The molecular formula is C50H94N8P2. The van der Waals surface area contributed by atoms with Gasteiger partial charge in [-0.05, 0) is 184 Å². The summed E-state index contributed by atoms with van der Waals surface area (Å²) < 4.78 is 0. The van der Waals surface area contributed by atoms with Gasteiger partial charge in [0.15, 0.2) is 0 Å². The van der Waals surface area contributed by atoms with E-state index in [-0.39, 0.29) is 27.9 Å². The molecule has 10 heteroatoms. The number of nitrogens with one attached hydrogen (secondary N) is 2. The molecule has 0 aromatic carbocycles. The fourth-order valence-electron chi connectivity index (χ4n) is 9.40. The minimum atomic E-state index is -0.148. The molecule has 2 N–H and O–H groups in total. The van der Waals surface area contributed by atoms with Crippen molar-refractivity contribution in [2.75, 3.05) is 26.2 Å². The summed E-state index contributed by atoms with van der Waals surface area (Å²) in [6, 6.07) is 6.87. The van der Waals surface area contributed by atoms with Crippen LogP contribution in [0.1, 0.15) is 222 Å². The average molecular weight is 869 g/mol. The van der Waals surface area contributed by atoms with E-state index < -0.39 is 0 Å². The molecule has 0 aromatic heterocycles. The van der Waals surface area contributed by atoms with Crippen molar-refractivity contribution in [3.8, 4) is 0 Å². The van der Waals surface area contributed by atoms with Crippen molar-refractivity contribution in [3.63, 3.8) is 0 Å². The SMILES string of the molecule is CC(C)N=C(NCCCCCN=C(NC(C)C)P(C1CCCCC1)C1CCCCC1)P(C1CCCCC1)C1CCCCC1.CC(C)N=C=NCCCCCN=C=NC(C)C. The summed E-state index contributed by atoms with van der Waals surface area (Å²) in [5.74, 6) is 0. The van der Waals surface area contributed by atoms with Crippen molar-refractivity contribution in [1.29, 1.82) is 0 Å². The third kappa shape index (κ3) is 23.3. The molecule has 8 nitrogen and oxygen atoms in total. The zero-order chi connectivity index (χ0) is 43.2. The molecule has 0 aromatic rings. The van der Waals surface area contributed by atoms with Crippen molar-refractivity contribution in [1.82, 2.24) is 10.6 Å². The van der Waals surface area contributed by atoms with E-state index in [1.54, 1.807) is 0 Å². The van der Waals surface area contributed by atoms with E-state index in [4.69, 9.17) is 9.98 Å². The van der Waals surface area contributed by atoms with Gasteiger partial charge in [0.1, 0.15) is 11.2 Å². The van der Waals surface area contributed by atoms with Gasteiger partial charge in [-0.1, -0.05) is 77.0 Å². The first-order valence-electron chi connectivity index (χ1n) is 25.6. The Kier molecular flexibility index (Phi) is 29.2. The molecule has 4 saturated carbocycles. The van der Waals surface area contributed by atoms with Crippen LogP contribution >= 0.6 is 15.8 Å². The Bertz CT molecular complexity index is 1210. The fraction of sp³-hybridized carbons (Fsp3) is 0.920. The quantitative estimate of drug-likeness (QED) is 0.0490. The lowest BCUT2D eigenvalue weighted by Gasteiger charge is -2.39. The summed E-state index contributed by atoms with van der Waals surface area (Å²) in [5.41, 5.74) is 6.59. The van der Waals surface area contributed by atoms with Gasteiger partial charge in [0.25, 0.3) is 0 Å². The summed E-state index contributed by atoms with van der Waals surface area (Å²) >= 11 is 0. The van der Waals surface area contributed by atoms with Gasteiger partial charge in [0, 0.05) is 38.3 Å². The third-order valence-corrected chi connectivity index (χ3v) is 19.1. The Morgan fingerprint density at radius 1 is 0.467 bits per heavy atom. The van der Waals surface area contributed by atoms with E-state index in [0.717, 1.165) is 68.1 Å². The molecular weight excluding hydrogens is 775 g/mol. The predicted octanol–water partition coefficient (Wildman–Crippen LogP) is 14.5. The molecule has 4 rings (SSSR count). The lowest BCUT2D eigenvalue weighted by molar-refractivity contribution is 0.487. The smallest absolute Gasteiger partial charge is 0.120 e. The Morgan fingerprint density at radius 3 is 1.23 bits per heavy atom. The molecule has 0 saturated heterocycles. The van der Waals surface area contributed by atoms with Crippen LogP contribution in [-0.2, 0) is 0 Å². The van der Waals surface area contributed by atoms with Crippen molar-refractivity contribution in [2.24, 2.45) is 30.0 Å². The van der Waals surface area contributed by atoms with Crippen LogP contribution in [0.15, 0.2) is 30.0 Å². The van der Waals surface area contributed by atoms with Gasteiger partial charge >= 0.3 is 0 Å². The molecule has 0 heterocycles. The molecule has 0 atom stereocenters. The zero-order valence-corrected chi connectivity index (χ0v) is 42.2. The Morgan fingerprint density at radius 2 is 0.850 bits per heavy atom. The zero-order valence-electron chi connectivity index (χ0n) is 40.4. The fourth-order valence-corrected chi connectivity index (χ4v) is 17.0. The maximum absolute atomic E-state index is 5.43. The summed E-state index contributed by atoms with van der Waals surface area (Å²) in [7, 11) is -0.293. The molecule has 0 unspecified atom stereocenters. The number of unbranched alkanes of at least 4 members (excludes halogenated alkanes) is 4. The highest BCUT2D eigenvalue weighted by Crippen LogP contribution is 2.57. The normalized spacial score (nSPS) is 19.4. The first-order valence-corrected chi connectivity index (χ1v) is 28.5. The number of hydrogen-bond donors (Lipinski definition) is 2. The Labute approximate surface area is 373 Å². The second-order valence-corrected chi connectivity index (χ2v) is 24.9. The van der Waals surface area contributed by atoms with Crippen LogP contribution in [0.3, 0.4) is 0 Å². The minimum Gasteiger partial charge on any atom is -0.370 e. The van der Waals surface area contributed by atoms with E-state index in [2.05, 4.69) is 70.3 Å². The number of rotatable bonds is 22. The summed E-state index contributed by atoms with van der Waals surface area (Å²) in [6.07, 6.45) is 36.0. The highest BCUT2D eigenvalue weighted by atomic mass is 31.1. The number of amidine groups is 2. The van der Waals surface area contributed by atoms with E-state index in [1.807, 2.05) is 27.7 Å². The predicted molar refractivity (Wildman–Crippen MR) is 270 cm³/mol. The van der Waals surface area contributed by atoms with Crippen molar-refractivity contribution in [3.05, 3.63) is 0 Å². The summed E-state index contributed by atoms with van der Waals surface area (Å²) in [4.78, 5) is 27.0. The topological polar surface area (TPSA) is 98.2 Å². The molecule has 60 heavy (non-hydrogen) atoms. The van der Waals surface area contributed by atoms with Crippen molar-refractivity contribution in [2.45, 2.75) is 269 Å². The van der Waals surface area contributed by atoms with Crippen molar-refractivity contribution < 1.29 is 0 Å². The minimum absolute atomic E-state index is 0.145. The van der Waals surface area contributed by atoms with Crippen LogP contribution < -0.4 is 10.6 Å². The molecule has 4 aliphatic rings. The molecule has 0 amide bonds. The largest absolute Gasteiger partial charge is 0.370 e. The number of aliphatic imine (C=N–C) groups is 6. The van der Waals surface area contributed by atoms with Gasteiger partial charge < -0.3 is 10.6 Å². The van der Waals surface area contributed by atoms with Crippen LogP contribution in [0.25, 0.3) is 0 Å². The first kappa shape index (κ1) is 52.9. The molecule has 4 aliphatic carbocycles. The average Bonchev–Trinajstić information content (AvgIpc) is 3.23. The van der Waals surface area contributed by atoms with E-state index in [1.165, 1.54) is 159 Å². The van der Waals surface area contributed by atoms with Crippen LogP contribution in [0.2, 0.25) is 0 Å². The standard InChI is InChI=1S/C37H70N4P2.C13H24N4/c1-30(2)40-36(42(32-20-10-5-11-21-32)33-22-12-6-13-23-33)38-28-18-9-19-29-39-37(41-31(3)4)43(34-24-14-7-15-25-34)35-26-16-8-17-27-35;1-12(2)16-10-14-8-6-5-7-9-15-11-17-13(3)4/h30-35H,5-29H2,1-4H3,(H,38,40)(H,39,41);12-13H,5-9H2,1-4H3.